The van der Waals surface area contributed by atoms with Crippen LogP contribution in [-0.4, -0.2) is 11.4 Å². The van der Waals surface area contributed by atoms with Gasteiger partial charge in [-0.3, -0.25) is 9.98 Å². The number of aryl methyl sites for hydroxylation is 2. The quantitative estimate of drug-likeness (QED) is 0.229. The van der Waals surface area contributed by atoms with Crippen LogP contribution < -0.4 is 0 Å². The summed E-state index contributed by atoms with van der Waals surface area (Å²) in [6, 6.07) is 17.1. The van der Waals surface area contributed by atoms with Gasteiger partial charge in [-0.05, 0) is 73.9 Å². The summed E-state index contributed by atoms with van der Waals surface area (Å²) in [5.74, 6) is 0. The standard InChI is InChI=1S/C26H36N2.Pd/c1-5-9-16-25(27-23-14-12-11-13-15-23)26(17-10-6-2)28-24-19-21(7-3)18-22(8-4)20-24;/h11-15,18-20H,5-10,16-17H2,1-4H3;. The number of unbranched alkanes of at least 4 members (excludes halogenated alkanes) is 2. The number of para-hydroxylation sites is 1. The molecule has 2 aromatic rings. The van der Waals surface area contributed by atoms with E-state index in [2.05, 4.69) is 70.2 Å². The Balaban J connectivity index is 0.00000420. The van der Waals surface area contributed by atoms with Gasteiger partial charge in [0.15, 0.2) is 0 Å². The molecule has 3 heteroatoms. The van der Waals surface area contributed by atoms with Crippen molar-refractivity contribution in [2.24, 2.45) is 9.98 Å². The molecular weight excluding hydrogens is 447 g/mol. The van der Waals surface area contributed by atoms with Crippen molar-refractivity contribution in [2.75, 3.05) is 0 Å². The van der Waals surface area contributed by atoms with Crippen LogP contribution in [0.1, 0.15) is 77.3 Å². The van der Waals surface area contributed by atoms with Crippen LogP contribution in [0.25, 0.3) is 0 Å². The third-order valence-electron chi connectivity index (χ3n) is 5.01. The van der Waals surface area contributed by atoms with Crippen LogP contribution in [0.2, 0.25) is 0 Å². The maximum atomic E-state index is 5.15. The first-order chi connectivity index (χ1) is 13.7. The second kappa shape index (κ2) is 14.4. The molecule has 0 amide bonds. The van der Waals surface area contributed by atoms with Crippen molar-refractivity contribution in [1.82, 2.24) is 0 Å². The number of aliphatic imine (C=N–C) groups is 2. The van der Waals surface area contributed by atoms with Gasteiger partial charge in [0.2, 0.25) is 0 Å². The van der Waals surface area contributed by atoms with E-state index in [-0.39, 0.29) is 20.4 Å². The average molecular weight is 483 g/mol. The molecule has 0 aliphatic rings. The van der Waals surface area contributed by atoms with E-state index < -0.39 is 0 Å². The van der Waals surface area contributed by atoms with Gasteiger partial charge in [-0.25, -0.2) is 0 Å². The maximum Gasteiger partial charge on any atom is 0.0639 e. The van der Waals surface area contributed by atoms with Crippen molar-refractivity contribution in [2.45, 2.75) is 79.1 Å². The average Bonchev–Trinajstić information content (AvgIpc) is 2.74. The maximum absolute atomic E-state index is 5.15. The van der Waals surface area contributed by atoms with Crippen LogP contribution in [0.4, 0.5) is 11.4 Å². The normalized spacial score (nSPS) is 12.0. The molecule has 160 valence electrons. The Morgan fingerprint density at radius 3 is 1.59 bits per heavy atom. The van der Waals surface area contributed by atoms with Crippen molar-refractivity contribution < 1.29 is 20.4 Å². The van der Waals surface area contributed by atoms with Crippen molar-refractivity contribution in [3.8, 4) is 0 Å². The Labute approximate surface area is 191 Å². The molecule has 0 aromatic heterocycles. The van der Waals surface area contributed by atoms with Crippen molar-refractivity contribution in [3.05, 3.63) is 59.7 Å². The van der Waals surface area contributed by atoms with Gasteiger partial charge in [0.25, 0.3) is 0 Å². The Morgan fingerprint density at radius 2 is 1.14 bits per heavy atom. The van der Waals surface area contributed by atoms with Gasteiger partial charge < -0.3 is 0 Å². The van der Waals surface area contributed by atoms with Crippen LogP contribution in [0.15, 0.2) is 58.5 Å². The monoisotopic (exact) mass is 482 g/mol. The van der Waals surface area contributed by atoms with Crippen molar-refractivity contribution >= 4 is 22.8 Å². The smallest absolute Gasteiger partial charge is 0.0639 e. The van der Waals surface area contributed by atoms with E-state index in [1.807, 2.05) is 6.07 Å². The molecule has 0 aliphatic carbocycles. The summed E-state index contributed by atoms with van der Waals surface area (Å²) in [5.41, 5.74) is 7.15. The fourth-order valence-electron chi connectivity index (χ4n) is 3.25. The van der Waals surface area contributed by atoms with Gasteiger partial charge in [0.1, 0.15) is 0 Å². The Morgan fingerprint density at radius 1 is 0.655 bits per heavy atom. The topological polar surface area (TPSA) is 24.7 Å². The van der Waals surface area contributed by atoms with E-state index in [0.29, 0.717) is 0 Å². The summed E-state index contributed by atoms with van der Waals surface area (Å²) in [4.78, 5) is 10.2. The first-order valence-electron chi connectivity index (χ1n) is 11.0. The molecule has 0 saturated carbocycles. The molecule has 0 atom stereocenters. The summed E-state index contributed by atoms with van der Waals surface area (Å²) in [7, 11) is 0. The molecule has 0 saturated heterocycles. The van der Waals surface area contributed by atoms with Crippen LogP contribution in [0.3, 0.4) is 0 Å². The molecule has 0 spiro atoms. The Kier molecular flexibility index (Phi) is 12.7. The van der Waals surface area contributed by atoms with Crippen molar-refractivity contribution in [3.63, 3.8) is 0 Å². The van der Waals surface area contributed by atoms with Gasteiger partial charge in [-0.1, -0.05) is 64.8 Å². The van der Waals surface area contributed by atoms with E-state index in [1.54, 1.807) is 0 Å². The van der Waals surface area contributed by atoms with Gasteiger partial charge in [-0.15, -0.1) is 0 Å². The fourth-order valence-corrected chi connectivity index (χ4v) is 3.25. The summed E-state index contributed by atoms with van der Waals surface area (Å²) < 4.78 is 0. The van der Waals surface area contributed by atoms with E-state index in [1.165, 1.54) is 24.0 Å². The third kappa shape index (κ3) is 8.77. The van der Waals surface area contributed by atoms with E-state index in [4.69, 9.17) is 9.98 Å². The molecule has 2 nitrogen and oxygen atoms in total. The number of hydrogen-bond acceptors (Lipinski definition) is 2. The largest absolute Gasteiger partial charge is 0.252 e. The summed E-state index contributed by atoms with van der Waals surface area (Å²) in [5, 5.41) is 0. The van der Waals surface area contributed by atoms with Crippen LogP contribution in [-0.2, 0) is 33.3 Å². The molecule has 29 heavy (non-hydrogen) atoms. The molecule has 0 radical (unpaired) electrons. The van der Waals surface area contributed by atoms with Crippen LogP contribution >= 0.6 is 0 Å². The SMILES string of the molecule is CCCCC(=Nc1ccccc1)C(CCCC)=Nc1cc(CC)cc(CC)c1.[Pd]. The molecule has 0 aliphatic heterocycles. The molecule has 0 N–H and O–H groups in total. The molecule has 2 aromatic carbocycles. The summed E-state index contributed by atoms with van der Waals surface area (Å²) in [6.45, 7) is 8.90. The number of benzene rings is 2. The van der Waals surface area contributed by atoms with Gasteiger partial charge in [0, 0.05) is 20.4 Å². The molecular formula is C26H36N2Pd. The molecule has 0 bridgehead atoms. The second-order valence-corrected chi connectivity index (χ2v) is 7.37. The van der Waals surface area contributed by atoms with E-state index >= 15 is 0 Å². The van der Waals surface area contributed by atoms with Gasteiger partial charge in [0.05, 0.1) is 22.8 Å². The third-order valence-corrected chi connectivity index (χ3v) is 5.01. The minimum absolute atomic E-state index is 0. The van der Waals surface area contributed by atoms with Gasteiger partial charge in [-0.2, -0.15) is 0 Å². The first-order valence-corrected chi connectivity index (χ1v) is 11.0. The zero-order valence-electron chi connectivity index (χ0n) is 18.5. The number of hydrogen-bond donors (Lipinski definition) is 0. The minimum atomic E-state index is 0. The van der Waals surface area contributed by atoms with Crippen LogP contribution in [0, 0.1) is 0 Å². The second-order valence-electron chi connectivity index (χ2n) is 7.37. The summed E-state index contributed by atoms with van der Waals surface area (Å²) >= 11 is 0. The molecule has 2 rings (SSSR count). The fraction of sp³-hybridized carbons (Fsp3) is 0.462. The Bertz CT molecular complexity index is 756. The zero-order valence-corrected chi connectivity index (χ0v) is 20.0. The van der Waals surface area contributed by atoms with Gasteiger partial charge >= 0.3 is 0 Å². The number of nitrogens with zero attached hydrogens (tertiary/aromatic N) is 2. The summed E-state index contributed by atoms with van der Waals surface area (Å²) in [6.07, 6.45) is 8.69. The van der Waals surface area contributed by atoms with Crippen LogP contribution in [0.5, 0.6) is 0 Å². The zero-order chi connectivity index (χ0) is 20.2. The molecule has 0 unspecified atom stereocenters. The first kappa shape index (κ1) is 25.5. The predicted molar refractivity (Wildman–Crippen MR) is 125 cm³/mol. The minimum Gasteiger partial charge on any atom is -0.252 e. The molecule has 0 fully saturated rings. The van der Waals surface area contributed by atoms with Crippen molar-refractivity contribution in [1.29, 1.82) is 0 Å². The molecule has 0 heterocycles. The predicted octanol–water partition coefficient (Wildman–Crippen LogP) is 8.03. The number of rotatable bonds is 11. The van der Waals surface area contributed by atoms with E-state index in [9.17, 15) is 0 Å². The Hall–Kier alpha value is -1.56. The van der Waals surface area contributed by atoms with E-state index in [0.717, 1.165) is 61.3 Å².